The van der Waals surface area contributed by atoms with E-state index in [2.05, 4.69) is 53.3 Å². The van der Waals surface area contributed by atoms with Crippen molar-refractivity contribution in [3.8, 4) is 0 Å². The minimum atomic E-state index is 0.412. The van der Waals surface area contributed by atoms with Gasteiger partial charge < -0.3 is 4.74 Å². The maximum atomic E-state index is 5.91. The molecule has 3 saturated carbocycles. The van der Waals surface area contributed by atoms with Gasteiger partial charge in [-0.25, -0.2) is 0 Å². The smallest absolute Gasteiger partial charge is 0.0896 e. The van der Waals surface area contributed by atoms with Crippen molar-refractivity contribution in [3.63, 3.8) is 0 Å². The van der Waals surface area contributed by atoms with Gasteiger partial charge in [0.1, 0.15) is 0 Å². The quantitative estimate of drug-likeness (QED) is 0.242. The second-order valence-corrected chi connectivity index (χ2v) is 12.7. The van der Waals surface area contributed by atoms with Gasteiger partial charge in [-0.2, -0.15) is 12.6 Å². The van der Waals surface area contributed by atoms with Crippen LogP contribution in [0.4, 0.5) is 0 Å². The van der Waals surface area contributed by atoms with E-state index >= 15 is 0 Å². The van der Waals surface area contributed by atoms with Crippen LogP contribution >= 0.6 is 12.6 Å². The van der Waals surface area contributed by atoms with Gasteiger partial charge in [0, 0.05) is 0 Å². The van der Waals surface area contributed by atoms with Crippen LogP contribution in [0.2, 0.25) is 0 Å². The summed E-state index contributed by atoms with van der Waals surface area (Å²) in [6.07, 6.45) is 18.4. The maximum absolute atomic E-state index is 5.91. The van der Waals surface area contributed by atoms with Crippen LogP contribution in [0.1, 0.15) is 105 Å². The number of fused-ring (bicyclic) bond motifs is 5. The summed E-state index contributed by atoms with van der Waals surface area (Å²) in [5.74, 6) is 6.13. The number of allylic oxidation sites excluding steroid dienone is 1. The van der Waals surface area contributed by atoms with E-state index in [0.717, 1.165) is 41.9 Å². The number of thiol groups is 1. The molecular weight excluding hydrogens is 384 g/mol. The van der Waals surface area contributed by atoms with E-state index in [1.54, 1.807) is 5.57 Å². The lowest BCUT2D eigenvalue weighted by molar-refractivity contribution is -0.0609. The molecule has 4 aliphatic rings. The Balaban J connectivity index is 1.47. The number of rotatable bonds is 7. The minimum absolute atomic E-state index is 0.412. The van der Waals surface area contributed by atoms with Crippen LogP contribution in [-0.4, -0.2) is 12.0 Å². The second-order valence-electron chi connectivity index (χ2n) is 12.5. The number of ether oxygens (including phenoxy) is 1. The van der Waals surface area contributed by atoms with E-state index in [1.165, 1.54) is 64.2 Å². The zero-order valence-corrected chi connectivity index (χ0v) is 21.4. The molecule has 8 atom stereocenters. The Labute approximate surface area is 192 Å². The molecule has 3 fully saturated rings. The van der Waals surface area contributed by atoms with E-state index in [-0.39, 0.29) is 0 Å². The highest BCUT2D eigenvalue weighted by atomic mass is 32.1. The molecular formula is C28H48OS. The Bertz CT molecular complexity index is 626. The molecule has 0 radical (unpaired) electrons. The first kappa shape index (κ1) is 23.2. The minimum Gasteiger partial charge on any atom is -0.368 e. The molecule has 0 amide bonds. The van der Waals surface area contributed by atoms with E-state index in [1.807, 2.05) is 0 Å². The van der Waals surface area contributed by atoms with Crippen molar-refractivity contribution in [3.05, 3.63) is 11.6 Å². The zero-order chi connectivity index (χ0) is 21.5. The third-order valence-electron chi connectivity index (χ3n) is 10.6. The van der Waals surface area contributed by atoms with E-state index in [9.17, 15) is 0 Å². The lowest BCUT2D eigenvalue weighted by Gasteiger charge is -2.58. The lowest BCUT2D eigenvalue weighted by Crippen LogP contribution is -2.51. The maximum Gasteiger partial charge on any atom is 0.0896 e. The van der Waals surface area contributed by atoms with Crippen molar-refractivity contribution < 1.29 is 4.74 Å². The molecule has 2 heteroatoms. The van der Waals surface area contributed by atoms with Gasteiger partial charge in [0.15, 0.2) is 0 Å². The zero-order valence-electron chi connectivity index (χ0n) is 20.5. The molecule has 4 aliphatic carbocycles. The predicted octanol–water partition coefficient (Wildman–Crippen LogP) is 8.30. The lowest BCUT2D eigenvalue weighted by atomic mass is 9.47. The Hall–Kier alpha value is 0.0500. The van der Waals surface area contributed by atoms with Gasteiger partial charge in [-0.1, -0.05) is 65.5 Å². The molecule has 30 heavy (non-hydrogen) atoms. The molecule has 4 rings (SSSR count). The van der Waals surface area contributed by atoms with E-state index in [4.69, 9.17) is 4.74 Å². The van der Waals surface area contributed by atoms with Gasteiger partial charge in [0.05, 0.1) is 12.0 Å². The van der Waals surface area contributed by atoms with Gasteiger partial charge in [0.2, 0.25) is 0 Å². The highest BCUT2D eigenvalue weighted by Gasteiger charge is 2.59. The van der Waals surface area contributed by atoms with Crippen molar-refractivity contribution in [2.75, 3.05) is 5.94 Å². The summed E-state index contributed by atoms with van der Waals surface area (Å²) in [7, 11) is 0. The molecule has 0 aromatic heterocycles. The van der Waals surface area contributed by atoms with Gasteiger partial charge >= 0.3 is 0 Å². The first-order valence-corrected chi connectivity index (χ1v) is 13.8. The van der Waals surface area contributed by atoms with Crippen molar-refractivity contribution in [1.29, 1.82) is 0 Å². The fraction of sp³-hybridized carbons (Fsp3) is 0.929. The second kappa shape index (κ2) is 9.12. The molecule has 0 saturated heterocycles. The fourth-order valence-electron chi connectivity index (χ4n) is 8.90. The number of hydrogen-bond acceptors (Lipinski definition) is 2. The van der Waals surface area contributed by atoms with E-state index in [0.29, 0.717) is 22.9 Å². The molecule has 0 aliphatic heterocycles. The van der Waals surface area contributed by atoms with Crippen LogP contribution in [0.5, 0.6) is 0 Å². The molecule has 172 valence electrons. The molecule has 8 unspecified atom stereocenters. The monoisotopic (exact) mass is 432 g/mol. The molecule has 0 heterocycles. The highest BCUT2D eigenvalue weighted by Crippen LogP contribution is 2.67. The van der Waals surface area contributed by atoms with Crippen LogP contribution in [-0.2, 0) is 4.74 Å². The third-order valence-corrected chi connectivity index (χ3v) is 10.7. The topological polar surface area (TPSA) is 9.23 Å². The third kappa shape index (κ3) is 4.07. The van der Waals surface area contributed by atoms with Gasteiger partial charge in [-0.15, -0.1) is 0 Å². The summed E-state index contributed by atoms with van der Waals surface area (Å²) in [6, 6.07) is 0. The van der Waals surface area contributed by atoms with E-state index < -0.39 is 0 Å². The Morgan fingerprint density at radius 3 is 2.57 bits per heavy atom. The van der Waals surface area contributed by atoms with Crippen LogP contribution in [0.15, 0.2) is 11.6 Å². The predicted molar refractivity (Wildman–Crippen MR) is 132 cm³/mol. The first-order valence-electron chi connectivity index (χ1n) is 13.2. The summed E-state index contributed by atoms with van der Waals surface area (Å²) < 4.78 is 5.91. The largest absolute Gasteiger partial charge is 0.368 e. The molecule has 1 nitrogen and oxygen atoms in total. The van der Waals surface area contributed by atoms with Crippen molar-refractivity contribution >= 4 is 12.6 Å². The van der Waals surface area contributed by atoms with Crippen molar-refractivity contribution in [1.82, 2.24) is 0 Å². The Morgan fingerprint density at radius 1 is 1.03 bits per heavy atom. The standard InChI is InChI=1S/C28H48OS/c1-19(2)7-6-8-20(3)24-11-12-25-23-10-9-21-17-22(29-18-30)13-15-27(21,4)26(23)14-16-28(24,25)5/h9,19-20,22-26,30H,6-8,10-18H2,1-5H3. The Kier molecular flexibility index (Phi) is 7.06. The average molecular weight is 433 g/mol. The average Bonchev–Trinajstić information content (AvgIpc) is 3.05. The summed E-state index contributed by atoms with van der Waals surface area (Å²) in [5.41, 5.74) is 2.79. The number of hydrogen-bond donors (Lipinski definition) is 1. The molecule has 0 aromatic carbocycles. The highest BCUT2D eigenvalue weighted by molar-refractivity contribution is 7.80. The molecule has 0 N–H and O–H groups in total. The van der Waals surface area contributed by atoms with Crippen LogP contribution in [0, 0.1) is 46.3 Å². The molecule has 0 spiro atoms. The Morgan fingerprint density at radius 2 is 1.83 bits per heavy atom. The first-order chi connectivity index (χ1) is 14.3. The SMILES string of the molecule is CC(C)CCCC(C)C1CCC2C3CC=C4CC(OCS)CCC4(C)C3CCC12C. The summed E-state index contributed by atoms with van der Waals surface area (Å²) in [6.45, 7) is 12.7. The van der Waals surface area contributed by atoms with Gasteiger partial charge in [-0.3, -0.25) is 0 Å². The molecule has 0 aromatic rings. The van der Waals surface area contributed by atoms with Gasteiger partial charge in [-0.05, 0) is 97.7 Å². The van der Waals surface area contributed by atoms with Crippen LogP contribution in [0.25, 0.3) is 0 Å². The van der Waals surface area contributed by atoms with Crippen LogP contribution in [0.3, 0.4) is 0 Å². The van der Waals surface area contributed by atoms with Gasteiger partial charge in [0.25, 0.3) is 0 Å². The summed E-state index contributed by atoms with van der Waals surface area (Å²) in [5, 5.41) is 0. The van der Waals surface area contributed by atoms with Crippen molar-refractivity contribution in [2.24, 2.45) is 46.3 Å². The summed E-state index contributed by atoms with van der Waals surface area (Å²) >= 11 is 4.31. The fourth-order valence-corrected chi connectivity index (χ4v) is 9.11. The van der Waals surface area contributed by atoms with Crippen molar-refractivity contribution in [2.45, 2.75) is 111 Å². The summed E-state index contributed by atoms with van der Waals surface area (Å²) in [4.78, 5) is 0. The molecule has 0 bridgehead atoms. The van der Waals surface area contributed by atoms with Crippen LogP contribution < -0.4 is 0 Å². The normalized spacial score (nSPS) is 44.2.